The number of aryl methyl sites for hydroxylation is 1. The first-order valence-electron chi connectivity index (χ1n) is 7.61. The molecule has 0 saturated carbocycles. The number of rotatable bonds is 4. The quantitative estimate of drug-likeness (QED) is 0.631. The second-order valence-electron chi connectivity index (χ2n) is 5.24. The van der Waals surface area contributed by atoms with Crippen LogP contribution in [-0.2, 0) is 0 Å². The van der Waals surface area contributed by atoms with Gasteiger partial charge in [-0.3, -0.25) is 9.97 Å². The highest BCUT2D eigenvalue weighted by molar-refractivity contribution is 5.89. The summed E-state index contributed by atoms with van der Waals surface area (Å²) in [6, 6.07) is 20.6. The second-order valence-corrected chi connectivity index (χ2v) is 5.24. The number of benzene rings is 2. The lowest BCUT2D eigenvalue weighted by atomic mass is 10.0. The minimum absolute atomic E-state index is 0.893. The number of allylic oxidation sites excluding steroid dienone is 2. The molecule has 0 spiro atoms. The summed E-state index contributed by atoms with van der Waals surface area (Å²) in [6.45, 7) is 1.97. The van der Waals surface area contributed by atoms with Gasteiger partial charge in [-0.2, -0.15) is 0 Å². The van der Waals surface area contributed by atoms with Crippen molar-refractivity contribution in [1.29, 1.82) is 0 Å². The van der Waals surface area contributed by atoms with Crippen molar-refractivity contribution in [1.82, 2.24) is 9.97 Å². The van der Waals surface area contributed by atoms with Crippen LogP contribution in [0.2, 0.25) is 0 Å². The van der Waals surface area contributed by atoms with Crippen molar-refractivity contribution < 1.29 is 0 Å². The fourth-order valence-corrected chi connectivity index (χ4v) is 2.32. The van der Waals surface area contributed by atoms with E-state index in [1.165, 1.54) is 5.56 Å². The van der Waals surface area contributed by atoms with E-state index in [4.69, 9.17) is 0 Å². The van der Waals surface area contributed by atoms with Gasteiger partial charge in [0.2, 0.25) is 0 Å². The van der Waals surface area contributed by atoms with E-state index in [2.05, 4.69) is 52.5 Å². The van der Waals surface area contributed by atoms with Crippen LogP contribution in [0.25, 0.3) is 17.7 Å². The smallest absolute Gasteiger partial charge is 0.0848 e. The van der Waals surface area contributed by atoms with Crippen LogP contribution in [-0.4, -0.2) is 9.97 Å². The van der Waals surface area contributed by atoms with E-state index in [0.29, 0.717) is 0 Å². The monoisotopic (exact) mass is 298 g/mol. The summed E-state index contributed by atoms with van der Waals surface area (Å²) < 4.78 is 0. The van der Waals surface area contributed by atoms with Crippen molar-refractivity contribution in [2.45, 2.75) is 6.92 Å². The molecule has 0 atom stereocenters. The van der Waals surface area contributed by atoms with Gasteiger partial charge < -0.3 is 0 Å². The van der Waals surface area contributed by atoms with Crippen molar-refractivity contribution in [3.05, 3.63) is 102 Å². The Balaban J connectivity index is 2.01. The van der Waals surface area contributed by atoms with E-state index in [-0.39, 0.29) is 0 Å². The molecule has 0 radical (unpaired) electrons. The predicted molar refractivity (Wildman–Crippen MR) is 96.6 cm³/mol. The summed E-state index contributed by atoms with van der Waals surface area (Å²) in [7, 11) is 0. The van der Waals surface area contributed by atoms with Crippen molar-refractivity contribution in [3.8, 4) is 0 Å². The lowest BCUT2D eigenvalue weighted by molar-refractivity contribution is 1.10. The molecule has 0 N–H and O–H groups in total. The zero-order valence-corrected chi connectivity index (χ0v) is 13.1. The molecular formula is C21H18N2. The Bertz CT molecular complexity index is 819. The third-order valence-corrected chi connectivity index (χ3v) is 3.57. The van der Waals surface area contributed by atoms with E-state index < -0.39 is 0 Å². The van der Waals surface area contributed by atoms with Crippen LogP contribution in [0, 0.1) is 6.92 Å². The molecule has 0 amide bonds. The molecule has 0 unspecified atom stereocenters. The van der Waals surface area contributed by atoms with Gasteiger partial charge in [-0.25, -0.2) is 0 Å². The van der Waals surface area contributed by atoms with Crippen LogP contribution in [0.5, 0.6) is 0 Å². The molecule has 112 valence electrons. The van der Waals surface area contributed by atoms with E-state index in [1.807, 2.05) is 43.3 Å². The zero-order chi connectivity index (χ0) is 15.9. The van der Waals surface area contributed by atoms with Crippen LogP contribution >= 0.6 is 0 Å². The Morgan fingerprint density at radius 2 is 1.48 bits per heavy atom. The summed E-state index contributed by atoms with van der Waals surface area (Å²) in [6.07, 6.45) is 9.76. The third-order valence-electron chi connectivity index (χ3n) is 3.57. The zero-order valence-electron chi connectivity index (χ0n) is 13.1. The predicted octanol–water partition coefficient (Wildman–Crippen LogP) is 5.04. The van der Waals surface area contributed by atoms with Crippen molar-refractivity contribution in [3.63, 3.8) is 0 Å². The maximum atomic E-state index is 4.43. The second kappa shape index (κ2) is 7.32. The number of hydrogen-bond donors (Lipinski definition) is 0. The lowest BCUT2D eigenvalue weighted by Gasteiger charge is -2.04. The maximum absolute atomic E-state index is 4.43. The molecule has 0 fully saturated rings. The fourth-order valence-electron chi connectivity index (χ4n) is 2.32. The minimum Gasteiger partial charge on any atom is -0.258 e. The molecule has 0 aliphatic carbocycles. The van der Waals surface area contributed by atoms with E-state index in [9.17, 15) is 0 Å². The molecule has 3 aromatic rings. The average molecular weight is 298 g/mol. The molecule has 1 heterocycles. The molecule has 2 heteroatoms. The van der Waals surface area contributed by atoms with Crippen LogP contribution in [0.4, 0.5) is 0 Å². The van der Waals surface area contributed by atoms with Gasteiger partial charge in [0.15, 0.2) is 0 Å². The average Bonchev–Trinajstić information content (AvgIpc) is 2.62. The fraction of sp³-hybridized carbons (Fsp3) is 0.0476. The molecular weight excluding hydrogens is 280 g/mol. The number of aromatic nitrogens is 2. The highest BCUT2D eigenvalue weighted by Crippen LogP contribution is 2.21. The molecule has 2 nitrogen and oxygen atoms in total. The van der Waals surface area contributed by atoms with Gasteiger partial charge in [0.05, 0.1) is 11.4 Å². The standard InChI is InChI=1S/C21H18N2/c1-17-21(23-15-14-22-17)16-20(19-10-6-3-7-11-19)13-12-18-8-4-2-5-9-18/h2-16H,1H3/b13-12+,20-16+. The lowest BCUT2D eigenvalue weighted by Crippen LogP contribution is -1.90. The first-order valence-corrected chi connectivity index (χ1v) is 7.61. The Labute approximate surface area is 136 Å². The van der Waals surface area contributed by atoms with Crippen LogP contribution < -0.4 is 0 Å². The Morgan fingerprint density at radius 1 is 0.826 bits per heavy atom. The molecule has 3 rings (SSSR count). The SMILES string of the molecule is Cc1nccnc1/C=C(\C=C\c1ccccc1)c1ccccc1. The largest absolute Gasteiger partial charge is 0.258 e. The Hall–Kier alpha value is -3.00. The van der Waals surface area contributed by atoms with Crippen molar-refractivity contribution >= 4 is 17.7 Å². The molecule has 0 aliphatic heterocycles. The van der Waals surface area contributed by atoms with Gasteiger partial charge in [-0.05, 0) is 29.7 Å². The molecule has 1 aromatic heterocycles. The third kappa shape index (κ3) is 4.01. The maximum Gasteiger partial charge on any atom is 0.0848 e. The van der Waals surface area contributed by atoms with Gasteiger partial charge in [0, 0.05) is 12.4 Å². The molecule has 2 aromatic carbocycles. The Morgan fingerprint density at radius 3 is 2.17 bits per heavy atom. The minimum atomic E-state index is 0.893. The normalized spacial score (nSPS) is 11.8. The molecule has 23 heavy (non-hydrogen) atoms. The molecule has 0 saturated heterocycles. The van der Waals surface area contributed by atoms with E-state index >= 15 is 0 Å². The van der Waals surface area contributed by atoms with Crippen molar-refractivity contribution in [2.75, 3.05) is 0 Å². The molecule has 0 bridgehead atoms. The molecule has 0 aliphatic rings. The number of nitrogens with zero attached hydrogens (tertiary/aromatic N) is 2. The van der Waals surface area contributed by atoms with Gasteiger partial charge in [0.1, 0.15) is 0 Å². The van der Waals surface area contributed by atoms with Crippen molar-refractivity contribution in [2.24, 2.45) is 0 Å². The first kappa shape index (κ1) is 14.9. The summed E-state index contributed by atoms with van der Waals surface area (Å²) in [4.78, 5) is 8.74. The summed E-state index contributed by atoms with van der Waals surface area (Å²) in [5.41, 5.74) is 5.26. The van der Waals surface area contributed by atoms with E-state index in [0.717, 1.165) is 22.5 Å². The highest BCUT2D eigenvalue weighted by atomic mass is 14.8. The first-order chi connectivity index (χ1) is 11.3. The van der Waals surface area contributed by atoms with Gasteiger partial charge in [-0.1, -0.05) is 72.8 Å². The highest BCUT2D eigenvalue weighted by Gasteiger charge is 2.01. The topological polar surface area (TPSA) is 25.8 Å². The Kier molecular flexibility index (Phi) is 4.75. The van der Waals surface area contributed by atoms with Gasteiger partial charge >= 0.3 is 0 Å². The summed E-state index contributed by atoms with van der Waals surface area (Å²) in [5, 5.41) is 0. The van der Waals surface area contributed by atoms with Crippen LogP contribution in [0.3, 0.4) is 0 Å². The summed E-state index contributed by atoms with van der Waals surface area (Å²) in [5.74, 6) is 0. The summed E-state index contributed by atoms with van der Waals surface area (Å²) >= 11 is 0. The van der Waals surface area contributed by atoms with Gasteiger partial charge in [0.25, 0.3) is 0 Å². The van der Waals surface area contributed by atoms with Crippen LogP contribution in [0.15, 0.2) is 79.1 Å². The van der Waals surface area contributed by atoms with E-state index in [1.54, 1.807) is 12.4 Å². The number of hydrogen-bond acceptors (Lipinski definition) is 2. The van der Waals surface area contributed by atoms with Gasteiger partial charge in [-0.15, -0.1) is 0 Å². The van der Waals surface area contributed by atoms with Crippen LogP contribution in [0.1, 0.15) is 22.5 Å².